The van der Waals surface area contributed by atoms with E-state index in [1.807, 2.05) is 24.3 Å². The van der Waals surface area contributed by atoms with E-state index in [9.17, 15) is 4.79 Å². The summed E-state index contributed by atoms with van der Waals surface area (Å²) in [6.07, 6.45) is 3.64. The number of nitrogens with one attached hydrogen (secondary N) is 1. The maximum absolute atomic E-state index is 11.5. The maximum atomic E-state index is 11.5. The van der Waals surface area contributed by atoms with Crippen LogP contribution in [0.15, 0.2) is 36.0 Å². The number of hydrogen-bond donors (Lipinski definition) is 1. The largest absolute Gasteiger partial charge is 0.491 e. The summed E-state index contributed by atoms with van der Waals surface area (Å²) in [5.41, 5.74) is 0.664. The first-order chi connectivity index (χ1) is 11.2. The first-order valence-corrected chi connectivity index (χ1v) is 7.61. The van der Waals surface area contributed by atoms with E-state index >= 15 is 0 Å². The summed E-state index contributed by atoms with van der Waals surface area (Å²) in [6.45, 7) is 3.28. The topological polar surface area (TPSA) is 80.6 Å². The van der Waals surface area contributed by atoms with Gasteiger partial charge >= 0.3 is 5.97 Å². The number of anilines is 1. The Kier molecular flexibility index (Phi) is 6.45. The highest BCUT2D eigenvalue weighted by Crippen LogP contribution is 2.18. The van der Waals surface area contributed by atoms with Crippen molar-refractivity contribution in [1.82, 2.24) is 0 Å². The summed E-state index contributed by atoms with van der Waals surface area (Å²) in [6, 6.07) is 9.06. The number of nitrogens with zero attached hydrogens (tertiary/aromatic N) is 1. The summed E-state index contributed by atoms with van der Waals surface area (Å²) in [4.78, 5) is 11.5. The molecule has 0 radical (unpaired) electrons. The van der Waals surface area contributed by atoms with Crippen LogP contribution in [-0.2, 0) is 14.3 Å². The number of esters is 1. The van der Waals surface area contributed by atoms with Gasteiger partial charge in [0.05, 0.1) is 12.7 Å². The third-order valence-electron chi connectivity index (χ3n) is 3.31. The standard InChI is InChI=1S/C17H20N2O4/c1-2-21-17(20)13(10-18)11-19-14-5-7-15(8-6-14)23-12-16-4-3-9-22-16/h5-8,11,16,19H,2-4,9,12H2,1H3/b13-11+. The minimum atomic E-state index is -0.640. The molecule has 23 heavy (non-hydrogen) atoms. The fraction of sp³-hybridized carbons (Fsp3) is 0.412. The van der Waals surface area contributed by atoms with E-state index in [0.29, 0.717) is 6.61 Å². The van der Waals surface area contributed by atoms with E-state index in [1.165, 1.54) is 6.20 Å². The molecule has 2 rings (SSSR count). The predicted octanol–water partition coefficient (Wildman–Crippen LogP) is 2.63. The molecule has 122 valence electrons. The van der Waals surface area contributed by atoms with E-state index in [1.54, 1.807) is 13.0 Å². The molecule has 1 aromatic carbocycles. The zero-order chi connectivity index (χ0) is 16.5. The van der Waals surface area contributed by atoms with Crippen molar-refractivity contribution in [3.05, 3.63) is 36.0 Å². The lowest BCUT2D eigenvalue weighted by Gasteiger charge is -2.11. The molecular weight excluding hydrogens is 296 g/mol. The quantitative estimate of drug-likeness (QED) is 0.473. The molecule has 1 saturated heterocycles. The van der Waals surface area contributed by atoms with Crippen LogP contribution in [0.5, 0.6) is 5.75 Å². The lowest BCUT2D eigenvalue weighted by atomic mass is 10.2. The predicted molar refractivity (Wildman–Crippen MR) is 84.9 cm³/mol. The molecule has 1 fully saturated rings. The molecule has 0 amide bonds. The number of rotatable bonds is 7. The number of nitriles is 1. The first-order valence-electron chi connectivity index (χ1n) is 7.61. The molecular formula is C17H20N2O4. The van der Waals surface area contributed by atoms with Gasteiger partial charge in [-0.3, -0.25) is 0 Å². The minimum Gasteiger partial charge on any atom is -0.491 e. The smallest absolute Gasteiger partial charge is 0.350 e. The van der Waals surface area contributed by atoms with Gasteiger partial charge in [0, 0.05) is 18.5 Å². The van der Waals surface area contributed by atoms with Gasteiger partial charge in [0.25, 0.3) is 0 Å². The maximum Gasteiger partial charge on any atom is 0.350 e. The van der Waals surface area contributed by atoms with E-state index < -0.39 is 5.97 Å². The zero-order valence-corrected chi connectivity index (χ0v) is 13.1. The lowest BCUT2D eigenvalue weighted by Crippen LogP contribution is -2.16. The van der Waals surface area contributed by atoms with Gasteiger partial charge in [0.2, 0.25) is 0 Å². The molecule has 0 spiro atoms. The summed E-state index contributed by atoms with van der Waals surface area (Å²) >= 11 is 0. The summed E-state index contributed by atoms with van der Waals surface area (Å²) in [5, 5.41) is 11.8. The van der Waals surface area contributed by atoms with Gasteiger partial charge in [-0.15, -0.1) is 0 Å². The summed E-state index contributed by atoms with van der Waals surface area (Å²) < 4.78 is 15.9. The molecule has 6 nitrogen and oxygen atoms in total. The Morgan fingerprint density at radius 1 is 1.48 bits per heavy atom. The van der Waals surface area contributed by atoms with Gasteiger partial charge in [-0.1, -0.05) is 0 Å². The van der Waals surface area contributed by atoms with Crippen molar-refractivity contribution >= 4 is 11.7 Å². The number of hydrogen-bond acceptors (Lipinski definition) is 6. The Balaban J connectivity index is 1.86. The molecule has 0 aromatic heterocycles. The van der Waals surface area contributed by atoms with E-state index in [2.05, 4.69) is 5.32 Å². The van der Waals surface area contributed by atoms with Gasteiger partial charge in [0.15, 0.2) is 5.57 Å². The van der Waals surface area contributed by atoms with Crippen LogP contribution in [0, 0.1) is 11.3 Å². The third kappa shape index (κ3) is 5.31. The minimum absolute atomic E-state index is 0.0782. The van der Waals surface area contributed by atoms with Gasteiger partial charge in [0.1, 0.15) is 18.4 Å². The van der Waals surface area contributed by atoms with E-state index in [4.69, 9.17) is 19.5 Å². The molecule has 1 heterocycles. The highest BCUT2D eigenvalue weighted by Gasteiger charge is 2.15. The molecule has 1 aromatic rings. The zero-order valence-electron chi connectivity index (χ0n) is 13.1. The average molecular weight is 316 g/mol. The Morgan fingerprint density at radius 2 is 2.26 bits per heavy atom. The van der Waals surface area contributed by atoms with E-state index in [0.717, 1.165) is 30.9 Å². The molecule has 1 aliphatic rings. The molecule has 1 N–H and O–H groups in total. The Hall–Kier alpha value is -2.52. The van der Waals surface area contributed by atoms with Crippen LogP contribution < -0.4 is 10.1 Å². The molecule has 1 unspecified atom stereocenters. The number of carbonyl (C=O) groups excluding carboxylic acids is 1. The average Bonchev–Trinajstić information content (AvgIpc) is 3.08. The van der Waals surface area contributed by atoms with Crippen molar-refractivity contribution in [3.8, 4) is 11.8 Å². The SMILES string of the molecule is CCOC(=O)/C(C#N)=C/Nc1ccc(OCC2CCCO2)cc1. The van der Waals surface area contributed by atoms with Crippen molar-refractivity contribution in [2.75, 3.05) is 25.1 Å². The second kappa shape index (κ2) is 8.81. The van der Waals surface area contributed by atoms with Crippen molar-refractivity contribution < 1.29 is 19.0 Å². The van der Waals surface area contributed by atoms with Gasteiger partial charge in [-0.2, -0.15) is 5.26 Å². The van der Waals surface area contributed by atoms with Crippen LogP contribution in [0.4, 0.5) is 5.69 Å². The number of ether oxygens (including phenoxy) is 3. The molecule has 1 atom stereocenters. The molecule has 0 aliphatic carbocycles. The third-order valence-corrected chi connectivity index (χ3v) is 3.31. The van der Waals surface area contributed by atoms with Crippen molar-refractivity contribution in [2.45, 2.75) is 25.9 Å². The Morgan fingerprint density at radius 3 is 2.87 bits per heavy atom. The second-order valence-electron chi connectivity index (χ2n) is 5.01. The van der Waals surface area contributed by atoms with E-state index in [-0.39, 0.29) is 18.3 Å². The van der Waals surface area contributed by atoms with Crippen LogP contribution >= 0.6 is 0 Å². The fourth-order valence-electron chi connectivity index (χ4n) is 2.11. The Bertz CT molecular complexity index is 584. The van der Waals surface area contributed by atoms with Crippen LogP contribution in [-0.4, -0.2) is 31.9 Å². The normalized spacial score (nSPS) is 17.4. The molecule has 6 heteroatoms. The highest BCUT2D eigenvalue weighted by atomic mass is 16.5. The van der Waals surface area contributed by atoms with Crippen LogP contribution in [0.3, 0.4) is 0 Å². The summed E-state index contributed by atoms with van der Waals surface area (Å²) in [7, 11) is 0. The van der Waals surface area contributed by atoms with Crippen molar-refractivity contribution in [1.29, 1.82) is 5.26 Å². The monoisotopic (exact) mass is 316 g/mol. The lowest BCUT2D eigenvalue weighted by molar-refractivity contribution is -0.138. The van der Waals surface area contributed by atoms with Gasteiger partial charge < -0.3 is 19.5 Å². The molecule has 0 bridgehead atoms. The van der Waals surface area contributed by atoms with Crippen molar-refractivity contribution in [2.24, 2.45) is 0 Å². The van der Waals surface area contributed by atoms with Crippen LogP contribution in [0.25, 0.3) is 0 Å². The van der Waals surface area contributed by atoms with Gasteiger partial charge in [-0.25, -0.2) is 4.79 Å². The van der Waals surface area contributed by atoms with Crippen LogP contribution in [0.2, 0.25) is 0 Å². The fourth-order valence-corrected chi connectivity index (χ4v) is 2.11. The van der Waals surface area contributed by atoms with Gasteiger partial charge in [-0.05, 0) is 44.0 Å². The van der Waals surface area contributed by atoms with Crippen LogP contribution in [0.1, 0.15) is 19.8 Å². The second-order valence-corrected chi connectivity index (χ2v) is 5.01. The summed E-state index contributed by atoms with van der Waals surface area (Å²) in [5.74, 6) is 0.111. The molecule has 1 aliphatic heterocycles. The number of carbonyl (C=O) groups is 1. The highest BCUT2D eigenvalue weighted by molar-refractivity contribution is 5.93. The number of benzene rings is 1. The Labute approximate surface area is 135 Å². The first kappa shape index (κ1) is 16.8. The molecule has 0 saturated carbocycles. The van der Waals surface area contributed by atoms with Crippen molar-refractivity contribution in [3.63, 3.8) is 0 Å².